The smallest absolute Gasteiger partial charge is 0.457 e. The minimum absolute atomic E-state index is 0.00632. The molecule has 1 N–H and O–H groups in total. The summed E-state index contributed by atoms with van der Waals surface area (Å²) in [6.07, 6.45) is 9.37. The standard InChI is InChI=1S/C30H40O8/c1-4-5-14-36-27(35)38-30(24(33)17-37-26(34)18-6-7-18)13-11-22-21-9-8-19-15-20(31)10-12-28(19,2)25(21)23(32)16-29(22,30)3/h10,12,15,18,21-23,25,32H,4-9,11,13-14,16-17H2,1-3H3/t21-,22-,23?,25+,28-,29-,30-/m0/s1. The topological polar surface area (TPSA) is 116 Å². The molecule has 5 rings (SSSR count). The van der Waals surface area contributed by atoms with Crippen molar-refractivity contribution in [1.29, 1.82) is 0 Å². The molecule has 8 nitrogen and oxygen atoms in total. The molecule has 0 aromatic rings. The number of ketones is 2. The molecular formula is C30H40O8. The Kier molecular flexibility index (Phi) is 7.08. The van der Waals surface area contributed by atoms with Gasteiger partial charge in [0.25, 0.3) is 0 Å². The van der Waals surface area contributed by atoms with Crippen LogP contribution >= 0.6 is 0 Å². The molecule has 0 spiro atoms. The number of esters is 1. The fraction of sp³-hybridized carbons (Fsp3) is 0.733. The van der Waals surface area contributed by atoms with E-state index in [1.807, 2.05) is 19.9 Å². The molecule has 5 aliphatic carbocycles. The third-order valence-corrected chi connectivity index (χ3v) is 10.3. The Bertz CT molecular complexity index is 1070. The van der Waals surface area contributed by atoms with Gasteiger partial charge < -0.3 is 19.3 Å². The van der Waals surface area contributed by atoms with E-state index < -0.39 is 41.1 Å². The number of unbranched alkanes of at least 4 members (excludes halogenated alkanes) is 1. The number of hydrogen-bond acceptors (Lipinski definition) is 8. The van der Waals surface area contributed by atoms with Crippen LogP contribution < -0.4 is 0 Å². The molecule has 208 valence electrons. The van der Waals surface area contributed by atoms with Gasteiger partial charge in [0, 0.05) is 16.7 Å². The average Bonchev–Trinajstić information content (AvgIpc) is 3.67. The van der Waals surface area contributed by atoms with E-state index in [1.54, 1.807) is 12.2 Å². The lowest BCUT2D eigenvalue weighted by Crippen LogP contribution is -2.63. The van der Waals surface area contributed by atoms with E-state index in [0.29, 0.717) is 19.3 Å². The second-order valence-electron chi connectivity index (χ2n) is 12.4. The maximum absolute atomic E-state index is 13.9. The Morgan fingerprint density at radius 3 is 2.58 bits per heavy atom. The molecule has 0 aromatic carbocycles. The summed E-state index contributed by atoms with van der Waals surface area (Å²) in [5.41, 5.74) is -1.79. The summed E-state index contributed by atoms with van der Waals surface area (Å²) < 4.78 is 16.7. The first-order chi connectivity index (χ1) is 18.1. The van der Waals surface area contributed by atoms with E-state index in [1.165, 1.54) is 0 Å². The predicted molar refractivity (Wildman–Crippen MR) is 137 cm³/mol. The molecule has 7 atom stereocenters. The Labute approximate surface area is 224 Å². The molecular weight excluding hydrogens is 488 g/mol. The monoisotopic (exact) mass is 528 g/mol. The quantitative estimate of drug-likeness (QED) is 0.362. The number of aliphatic hydroxyl groups is 1. The lowest BCUT2D eigenvalue weighted by molar-refractivity contribution is -0.186. The van der Waals surface area contributed by atoms with Gasteiger partial charge in [0.05, 0.1) is 18.6 Å². The highest BCUT2D eigenvalue weighted by atomic mass is 16.7. The van der Waals surface area contributed by atoms with Crippen molar-refractivity contribution in [3.05, 3.63) is 23.8 Å². The summed E-state index contributed by atoms with van der Waals surface area (Å²) >= 11 is 0. The van der Waals surface area contributed by atoms with Gasteiger partial charge in [-0.1, -0.05) is 38.8 Å². The van der Waals surface area contributed by atoms with Crippen LogP contribution in [0.4, 0.5) is 4.79 Å². The SMILES string of the molecule is CCCCOC(=O)O[C@]1(C(=O)COC(=O)C2CC2)CC[C@H]2[C@@H]3CCC4=CC(=O)C=C[C@]4(C)[C@H]3C(O)C[C@@]21C. The van der Waals surface area contributed by atoms with Gasteiger partial charge in [-0.25, -0.2) is 4.79 Å². The number of allylic oxidation sites excluding steroid dienone is 4. The molecule has 5 aliphatic rings. The van der Waals surface area contributed by atoms with Crippen LogP contribution in [0.2, 0.25) is 0 Å². The number of hydrogen-bond donors (Lipinski definition) is 1. The summed E-state index contributed by atoms with van der Waals surface area (Å²) in [5, 5.41) is 11.7. The largest absolute Gasteiger partial charge is 0.509 e. The van der Waals surface area contributed by atoms with Crippen LogP contribution in [0.3, 0.4) is 0 Å². The molecule has 0 heterocycles. The number of carbonyl (C=O) groups is 4. The maximum Gasteiger partial charge on any atom is 0.509 e. The van der Waals surface area contributed by atoms with Crippen LogP contribution in [0.25, 0.3) is 0 Å². The average molecular weight is 529 g/mol. The van der Waals surface area contributed by atoms with Crippen molar-refractivity contribution in [2.45, 2.75) is 90.3 Å². The Hall–Kier alpha value is -2.48. The van der Waals surface area contributed by atoms with Gasteiger partial charge in [-0.2, -0.15) is 0 Å². The first-order valence-corrected chi connectivity index (χ1v) is 14.2. The molecule has 4 saturated carbocycles. The van der Waals surface area contributed by atoms with Crippen molar-refractivity contribution in [1.82, 2.24) is 0 Å². The summed E-state index contributed by atoms with van der Waals surface area (Å²) in [5.74, 6) is -1.03. The van der Waals surface area contributed by atoms with Gasteiger partial charge in [-0.05, 0) is 75.4 Å². The number of rotatable bonds is 8. The van der Waals surface area contributed by atoms with Gasteiger partial charge in [0.1, 0.15) is 0 Å². The Morgan fingerprint density at radius 1 is 1.11 bits per heavy atom. The highest BCUT2D eigenvalue weighted by Gasteiger charge is 2.70. The lowest BCUT2D eigenvalue weighted by Gasteiger charge is -2.59. The zero-order valence-electron chi connectivity index (χ0n) is 22.7. The van der Waals surface area contributed by atoms with Crippen molar-refractivity contribution < 1.29 is 38.5 Å². The van der Waals surface area contributed by atoms with Crippen molar-refractivity contribution in [3.63, 3.8) is 0 Å². The third-order valence-electron chi connectivity index (χ3n) is 10.3. The van der Waals surface area contributed by atoms with E-state index in [9.17, 15) is 24.3 Å². The highest BCUT2D eigenvalue weighted by molar-refractivity contribution is 6.01. The third kappa shape index (κ3) is 4.33. The molecule has 1 unspecified atom stereocenters. The summed E-state index contributed by atoms with van der Waals surface area (Å²) in [4.78, 5) is 51.1. The van der Waals surface area contributed by atoms with Gasteiger partial charge in [0.2, 0.25) is 5.78 Å². The van der Waals surface area contributed by atoms with E-state index in [-0.39, 0.29) is 48.5 Å². The number of fused-ring (bicyclic) bond motifs is 5. The van der Waals surface area contributed by atoms with Crippen LogP contribution in [0, 0.1) is 34.5 Å². The zero-order chi connectivity index (χ0) is 27.3. The Balaban J connectivity index is 1.45. The molecule has 0 aromatic heterocycles. The van der Waals surface area contributed by atoms with Crippen LogP contribution in [0.15, 0.2) is 23.8 Å². The number of Topliss-reactive ketones (excluding diaryl/α,β-unsaturated/α-hetero) is 1. The summed E-state index contributed by atoms with van der Waals surface area (Å²) in [6, 6.07) is 0. The number of ether oxygens (including phenoxy) is 3. The molecule has 0 bridgehead atoms. The van der Waals surface area contributed by atoms with E-state index in [2.05, 4.69) is 6.92 Å². The van der Waals surface area contributed by atoms with Crippen molar-refractivity contribution in [2.75, 3.05) is 13.2 Å². The molecule has 0 aliphatic heterocycles. The molecule has 8 heteroatoms. The molecule has 0 amide bonds. The number of aliphatic hydroxyl groups excluding tert-OH is 1. The van der Waals surface area contributed by atoms with Gasteiger partial charge in [-0.15, -0.1) is 0 Å². The Morgan fingerprint density at radius 2 is 1.87 bits per heavy atom. The molecule has 4 fully saturated rings. The van der Waals surface area contributed by atoms with Crippen molar-refractivity contribution >= 4 is 23.7 Å². The molecule has 0 saturated heterocycles. The van der Waals surface area contributed by atoms with E-state index >= 15 is 0 Å². The zero-order valence-corrected chi connectivity index (χ0v) is 22.7. The second-order valence-corrected chi connectivity index (χ2v) is 12.4. The minimum Gasteiger partial charge on any atom is -0.457 e. The van der Waals surface area contributed by atoms with Crippen LogP contribution in [-0.2, 0) is 28.6 Å². The first-order valence-electron chi connectivity index (χ1n) is 14.2. The summed E-state index contributed by atoms with van der Waals surface area (Å²) in [7, 11) is 0. The van der Waals surface area contributed by atoms with Crippen LogP contribution in [-0.4, -0.2) is 53.7 Å². The van der Waals surface area contributed by atoms with Crippen molar-refractivity contribution in [2.24, 2.45) is 34.5 Å². The molecule has 38 heavy (non-hydrogen) atoms. The van der Waals surface area contributed by atoms with Gasteiger partial charge in [0.15, 0.2) is 18.0 Å². The van der Waals surface area contributed by atoms with Crippen LogP contribution in [0.1, 0.15) is 78.6 Å². The normalized spacial score (nSPS) is 39.4. The first kappa shape index (κ1) is 27.1. The maximum atomic E-state index is 13.9. The predicted octanol–water partition coefficient (Wildman–Crippen LogP) is 4.48. The second kappa shape index (κ2) is 9.92. The van der Waals surface area contributed by atoms with Gasteiger partial charge in [-0.3, -0.25) is 14.4 Å². The number of carbonyl (C=O) groups excluding carboxylic acids is 4. The fourth-order valence-electron chi connectivity index (χ4n) is 8.16. The fourth-order valence-corrected chi connectivity index (χ4v) is 8.16. The van der Waals surface area contributed by atoms with Gasteiger partial charge >= 0.3 is 12.1 Å². The summed E-state index contributed by atoms with van der Waals surface area (Å²) in [6.45, 7) is 5.76. The highest BCUT2D eigenvalue weighted by Crippen LogP contribution is 2.68. The minimum atomic E-state index is -1.55. The molecule has 0 radical (unpaired) electrons. The van der Waals surface area contributed by atoms with Crippen LogP contribution in [0.5, 0.6) is 0 Å². The lowest BCUT2D eigenvalue weighted by atomic mass is 9.46. The van der Waals surface area contributed by atoms with E-state index in [0.717, 1.165) is 37.7 Å². The van der Waals surface area contributed by atoms with Crippen molar-refractivity contribution in [3.8, 4) is 0 Å². The van der Waals surface area contributed by atoms with E-state index in [4.69, 9.17) is 14.2 Å².